The quantitative estimate of drug-likeness (QED) is 0.662. The Labute approximate surface area is 179 Å². The van der Waals surface area contributed by atoms with E-state index >= 15 is 0 Å². The molecule has 1 aliphatic heterocycles. The molecule has 1 aromatic carbocycles. The molecule has 0 spiro atoms. The van der Waals surface area contributed by atoms with Gasteiger partial charge in [-0.2, -0.15) is 0 Å². The number of carbonyl (C=O) groups excluding carboxylic acids is 1. The van der Waals surface area contributed by atoms with Crippen LogP contribution in [0.1, 0.15) is 56.3 Å². The van der Waals surface area contributed by atoms with E-state index in [1.54, 1.807) is 7.11 Å². The monoisotopic (exact) mass is 412 g/mol. The molecule has 2 aromatic rings. The molecule has 6 heteroatoms. The summed E-state index contributed by atoms with van der Waals surface area (Å²) in [6.45, 7) is 10.9. The highest BCUT2D eigenvalue weighted by Crippen LogP contribution is 2.37. The van der Waals surface area contributed by atoms with Crippen LogP contribution in [0.25, 0.3) is 0 Å². The molecule has 0 aliphatic carbocycles. The molecule has 0 N–H and O–H groups in total. The molecule has 2 heterocycles. The highest BCUT2D eigenvalue weighted by Gasteiger charge is 2.34. The fraction of sp³-hybridized carbons (Fsp3) is 0.500. The topological polar surface area (TPSA) is 60.9 Å². The minimum Gasteiger partial charge on any atom is -0.495 e. The number of aromatic nitrogens is 1. The molecule has 3 rings (SSSR count). The number of fused-ring (bicyclic) bond motifs is 1. The molecule has 162 valence electrons. The lowest BCUT2D eigenvalue weighted by molar-refractivity contribution is 0.0514. The average Bonchev–Trinajstić information content (AvgIpc) is 2.70. The van der Waals surface area contributed by atoms with Crippen LogP contribution >= 0.6 is 0 Å². The normalized spacial score (nSPS) is 15.9. The van der Waals surface area contributed by atoms with Gasteiger partial charge in [-0.1, -0.05) is 19.9 Å². The van der Waals surface area contributed by atoms with Crippen LogP contribution in [0.5, 0.6) is 11.5 Å². The zero-order valence-corrected chi connectivity index (χ0v) is 18.8. The maximum Gasteiger partial charge on any atom is 0.410 e. The first-order valence-corrected chi connectivity index (χ1v) is 10.5. The molecule has 1 amide bonds. The van der Waals surface area contributed by atoms with Gasteiger partial charge in [0.15, 0.2) is 0 Å². The van der Waals surface area contributed by atoms with Crippen LogP contribution in [-0.4, -0.2) is 35.7 Å². The van der Waals surface area contributed by atoms with Crippen LogP contribution in [-0.2, 0) is 17.8 Å². The van der Waals surface area contributed by atoms with Gasteiger partial charge in [-0.05, 0) is 68.5 Å². The van der Waals surface area contributed by atoms with Gasteiger partial charge in [0.1, 0.15) is 23.8 Å². The number of methoxy groups -OCH3 is 1. The Bertz CT molecular complexity index is 895. The first-order chi connectivity index (χ1) is 14.3. The van der Waals surface area contributed by atoms with E-state index in [1.165, 1.54) is 5.56 Å². The number of aryl methyl sites for hydroxylation is 1. The van der Waals surface area contributed by atoms with Crippen molar-refractivity contribution in [3.05, 3.63) is 52.8 Å². The van der Waals surface area contributed by atoms with Crippen molar-refractivity contribution in [1.29, 1.82) is 0 Å². The van der Waals surface area contributed by atoms with Crippen molar-refractivity contribution in [1.82, 2.24) is 9.88 Å². The Hall–Kier alpha value is -2.76. The molecule has 0 saturated heterocycles. The number of nitrogens with zero attached hydrogens (tertiary/aromatic N) is 2. The van der Waals surface area contributed by atoms with Gasteiger partial charge in [0.25, 0.3) is 0 Å². The van der Waals surface area contributed by atoms with Crippen LogP contribution < -0.4 is 9.47 Å². The van der Waals surface area contributed by atoms with Crippen molar-refractivity contribution in [3.8, 4) is 11.5 Å². The van der Waals surface area contributed by atoms with Crippen molar-refractivity contribution in [2.75, 3.05) is 13.7 Å². The molecule has 0 unspecified atom stereocenters. The summed E-state index contributed by atoms with van der Waals surface area (Å²) in [6.07, 6.45) is 0.400. The van der Waals surface area contributed by atoms with E-state index in [2.05, 4.69) is 31.0 Å². The standard InChI is InChI=1S/C24H32N2O4/c1-15(2)23-20-9-8-19(29-14-21-22(28-6)10-7-17(5)25-21)13-18(20)11-12-26(23)24(27)30-16(3)4/h7-10,13,15-16,23H,11-12,14H2,1-6H3/t23-/m0/s1. The zero-order chi connectivity index (χ0) is 21.8. The zero-order valence-electron chi connectivity index (χ0n) is 18.8. The number of ether oxygens (including phenoxy) is 3. The van der Waals surface area contributed by atoms with Gasteiger partial charge in [-0.3, -0.25) is 4.98 Å². The van der Waals surface area contributed by atoms with Gasteiger partial charge < -0.3 is 19.1 Å². The summed E-state index contributed by atoms with van der Waals surface area (Å²) in [6, 6.07) is 9.94. The lowest BCUT2D eigenvalue weighted by Gasteiger charge is -2.39. The molecule has 1 atom stereocenters. The molecular formula is C24H32N2O4. The summed E-state index contributed by atoms with van der Waals surface area (Å²) in [7, 11) is 1.64. The van der Waals surface area contributed by atoms with Crippen LogP contribution in [0.2, 0.25) is 0 Å². The maximum atomic E-state index is 12.6. The van der Waals surface area contributed by atoms with E-state index in [-0.39, 0.29) is 24.2 Å². The van der Waals surface area contributed by atoms with Crippen molar-refractivity contribution in [2.24, 2.45) is 5.92 Å². The third-order valence-electron chi connectivity index (χ3n) is 5.26. The molecule has 1 aliphatic rings. The summed E-state index contributed by atoms with van der Waals surface area (Å²) in [4.78, 5) is 19.0. The van der Waals surface area contributed by atoms with Crippen LogP contribution in [0, 0.1) is 12.8 Å². The van der Waals surface area contributed by atoms with Gasteiger partial charge in [0, 0.05) is 12.2 Å². The predicted octanol–water partition coefficient (Wildman–Crippen LogP) is 5.08. The van der Waals surface area contributed by atoms with E-state index in [0.29, 0.717) is 13.2 Å². The summed E-state index contributed by atoms with van der Waals surface area (Å²) in [5.74, 6) is 1.79. The van der Waals surface area contributed by atoms with E-state index in [4.69, 9.17) is 14.2 Å². The molecule has 0 bridgehead atoms. The number of benzene rings is 1. The third-order valence-corrected chi connectivity index (χ3v) is 5.26. The predicted molar refractivity (Wildman–Crippen MR) is 116 cm³/mol. The van der Waals surface area contributed by atoms with Crippen molar-refractivity contribution in [3.63, 3.8) is 0 Å². The average molecular weight is 413 g/mol. The van der Waals surface area contributed by atoms with Crippen LogP contribution in [0.4, 0.5) is 4.79 Å². The number of hydrogen-bond donors (Lipinski definition) is 0. The first-order valence-electron chi connectivity index (χ1n) is 10.5. The smallest absolute Gasteiger partial charge is 0.410 e. The van der Waals surface area contributed by atoms with E-state index in [1.807, 2.05) is 43.9 Å². The van der Waals surface area contributed by atoms with Crippen molar-refractivity contribution in [2.45, 2.75) is 59.8 Å². The minimum absolute atomic E-state index is 0.00687. The molecule has 0 saturated carbocycles. The van der Waals surface area contributed by atoms with Crippen LogP contribution in [0.15, 0.2) is 30.3 Å². The fourth-order valence-electron chi connectivity index (χ4n) is 3.96. The van der Waals surface area contributed by atoms with Gasteiger partial charge >= 0.3 is 6.09 Å². The minimum atomic E-state index is -0.243. The lowest BCUT2D eigenvalue weighted by Crippen LogP contribution is -2.43. The summed E-state index contributed by atoms with van der Waals surface area (Å²) >= 11 is 0. The largest absolute Gasteiger partial charge is 0.495 e. The summed E-state index contributed by atoms with van der Waals surface area (Å²) in [5, 5.41) is 0. The second-order valence-corrected chi connectivity index (χ2v) is 8.32. The highest BCUT2D eigenvalue weighted by molar-refractivity contribution is 5.69. The number of rotatable bonds is 6. The molecule has 30 heavy (non-hydrogen) atoms. The van der Waals surface area contributed by atoms with E-state index in [0.717, 1.165) is 34.9 Å². The second-order valence-electron chi connectivity index (χ2n) is 8.32. The third kappa shape index (κ3) is 4.86. The van der Waals surface area contributed by atoms with Gasteiger partial charge in [0.05, 0.1) is 19.3 Å². The number of carbonyl (C=O) groups is 1. The lowest BCUT2D eigenvalue weighted by atomic mass is 9.86. The Morgan fingerprint density at radius 1 is 1.20 bits per heavy atom. The number of hydrogen-bond acceptors (Lipinski definition) is 5. The van der Waals surface area contributed by atoms with Gasteiger partial charge in [0.2, 0.25) is 0 Å². The molecule has 1 aromatic heterocycles. The SMILES string of the molecule is COc1ccc(C)nc1COc1ccc2c(c1)CCN(C(=O)OC(C)C)[C@H]2C(C)C. The number of amides is 1. The Kier molecular flexibility index (Phi) is 6.85. The highest BCUT2D eigenvalue weighted by atomic mass is 16.6. The fourth-order valence-corrected chi connectivity index (χ4v) is 3.96. The molecular weight excluding hydrogens is 380 g/mol. The first kappa shape index (κ1) is 21.9. The maximum absolute atomic E-state index is 12.6. The Morgan fingerprint density at radius 2 is 1.97 bits per heavy atom. The summed E-state index contributed by atoms with van der Waals surface area (Å²) < 4.78 is 16.9. The summed E-state index contributed by atoms with van der Waals surface area (Å²) in [5.41, 5.74) is 4.07. The van der Waals surface area contributed by atoms with E-state index in [9.17, 15) is 4.79 Å². The van der Waals surface area contributed by atoms with Crippen molar-refractivity contribution >= 4 is 6.09 Å². The second kappa shape index (κ2) is 9.37. The van der Waals surface area contributed by atoms with Crippen LogP contribution in [0.3, 0.4) is 0 Å². The Morgan fingerprint density at radius 3 is 2.63 bits per heavy atom. The van der Waals surface area contributed by atoms with E-state index < -0.39 is 0 Å². The van der Waals surface area contributed by atoms with Gasteiger partial charge in [-0.25, -0.2) is 4.79 Å². The van der Waals surface area contributed by atoms with Crippen molar-refractivity contribution < 1.29 is 19.0 Å². The molecule has 0 fully saturated rings. The Balaban J connectivity index is 1.79. The molecule has 6 nitrogen and oxygen atoms in total. The molecule has 0 radical (unpaired) electrons. The number of pyridine rings is 1. The van der Waals surface area contributed by atoms with Gasteiger partial charge in [-0.15, -0.1) is 0 Å².